The van der Waals surface area contributed by atoms with Crippen molar-refractivity contribution in [3.05, 3.63) is 86.5 Å². The number of thioether (sulfide) groups is 1. The van der Waals surface area contributed by atoms with Gasteiger partial charge in [-0.1, -0.05) is 58.0 Å². The minimum Gasteiger partial charge on any atom is -0.277 e. The molecule has 34 heavy (non-hydrogen) atoms. The van der Waals surface area contributed by atoms with Crippen molar-refractivity contribution < 1.29 is 9.59 Å². The van der Waals surface area contributed by atoms with Crippen molar-refractivity contribution in [3.8, 4) is 0 Å². The molecule has 2 aliphatic heterocycles. The van der Waals surface area contributed by atoms with Crippen LogP contribution in [0, 0.1) is 12.3 Å². The second kappa shape index (κ2) is 9.48. The lowest BCUT2D eigenvalue weighted by atomic mass is 10.0. The Labute approximate surface area is 214 Å². The molecule has 6 nitrogen and oxygen atoms in total. The van der Waals surface area contributed by atoms with Gasteiger partial charge in [-0.05, 0) is 53.8 Å². The predicted molar refractivity (Wildman–Crippen MR) is 142 cm³/mol. The van der Waals surface area contributed by atoms with Crippen molar-refractivity contribution in [2.75, 3.05) is 4.90 Å². The molecule has 5 rings (SSSR count). The van der Waals surface area contributed by atoms with Crippen molar-refractivity contribution in [1.82, 2.24) is 5.01 Å². The molecule has 1 fully saturated rings. The van der Waals surface area contributed by atoms with Crippen LogP contribution in [0.3, 0.4) is 0 Å². The van der Waals surface area contributed by atoms with Crippen LogP contribution < -0.4 is 4.90 Å². The van der Waals surface area contributed by atoms with Gasteiger partial charge in [-0.15, -0.1) is 11.3 Å². The summed E-state index contributed by atoms with van der Waals surface area (Å²) in [5.74, 6) is -0.526. The van der Waals surface area contributed by atoms with Crippen molar-refractivity contribution in [3.63, 3.8) is 0 Å². The molecule has 9 heteroatoms. The molecule has 3 heterocycles. The fourth-order valence-corrected chi connectivity index (χ4v) is 6.12. The highest BCUT2D eigenvalue weighted by Crippen LogP contribution is 2.38. The summed E-state index contributed by atoms with van der Waals surface area (Å²) in [7, 11) is 0. The van der Waals surface area contributed by atoms with E-state index >= 15 is 0 Å². The molecule has 2 aliphatic rings. The number of hydrogen-bond donors (Lipinski definition) is 1. The molecule has 172 valence electrons. The first-order valence-corrected chi connectivity index (χ1v) is 13.3. The van der Waals surface area contributed by atoms with Crippen molar-refractivity contribution >= 4 is 67.4 Å². The maximum absolute atomic E-state index is 13.1. The number of anilines is 1. The van der Waals surface area contributed by atoms with Crippen LogP contribution in [0.5, 0.6) is 0 Å². The molecule has 2 aromatic carbocycles. The van der Waals surface area contributed by atoms with Gasteiger partial charge in [0.2, 0.25) is 11.8 Å². The minimum atomic E-state index is -0.646. The number of rotatable bonds is 4. The van der Waals surface area contributed by atoms with E-state index in [-0.39, 0.29) is 29.4 Å². The van der Waals surface area contributed by atoms with Crippen molar-refractivity contribution in [2.24, 2.45) is 5.10 Å². The molecule has 2 atom stereocenters. The second-order valence-corrected chi connectivity index (χ2v) is 11.2. The molecule has 0 radical (unpaired) electrons. The third kappa shape index (κ3) is 4.47. The molecule has 1 N–H and O–H groups in total. The quantitative estimate of drug-likeness (QED) is 0.245. The molecule has 0 bridgehead atoms. The Kier molecular flexibility index (Phi) is 6.42. The third-order valence-corrected chi connectivity index (χ3v) is 8.31. The van der Waals surface area contributed by atoms with E-state index in [0.29, 0.717) is 12.1 Å². The fourth-order valence-electron chi connectivity index (χ4n) is 4.16. The molecule has 0 spiro atoms. The van der Waals surface area contributed by atoms with E-state index in [1.807, 2.05) is 66.9 Å². The van der Waals surface area contributed by atoms with Crippen LogP contribution in [0.4, 0.5) is 5.69 Å². The summed E-state index contributed by atoms with van der Waals surface area (Å²) >= 11 is 6.20. The Morgan fingerprint density at radius 2 is 1.91 bits per heavy atom. The normalized spacial score (nSPS) is 20.2. The van der Waals surface area contributed by atoms with Gasteiger partial charge in [0.05, 0.1) is 22.3 Å². The lowest BCUT2D eigenvalue weighted by Gasteiger charge is -2.24. The van der Waals surface area contributed by atoms with Crippen LogP contribution in [0.1, 0.15) is 34.9 Å². The highest BCUT2D eigenvalue weighted by atomic mass is 79.9. The number of hydrogen-bond acceptors (Lipinski definition) is 6. The summed E-state index contributed by atoms with van der Waals surface area (Å²) in [4.78, 5) is 28.2. The highest BCUT2D eigenvalue weighted by molar-refractivity contribution is 9.10. The number of benzene rings is 2. The third-order valence-electron chi connectivity index (χ3n) is 5.80. The van der Waals surface area contributed by atoms with E-state index in [0.717, 1.165) is 38.0 Å². The van der Waals surface area contributed by atoms with Gasteiger partial charge >= 0.3 is 0 Å². The van der Waals surface area contributed by atoms with E-state index in [2.05, 4.69) is 15.9 Å². The summed E-state index contributed by atoms with van der Waals surface area (Å²) < 4.78 is 0.982. The SMILES string of the molecule is Cc1cccc(N2C(=O)C[C@@H](SC(=N)N3N=C(c4cccs4)C[C@H]3c3ccc(Br)cc3)C2=O)c1. The van der Waals surface area contributed by atoms with Crippen LogP contribution in [0.25, 0.3) is 0 Å². The van der Waals surface area contributed by atoms with Crippen LogP contribution in [0.2, 0.25) is 0 Å². The average molecular weight is 554 g/mol. The Hall–Kier alpha value is -2.75. The zero-order chi connectivity index (χ0) is 23.8. The molecule has 3 aromatic rings. The maximum atomic E-state index is 13.1. The van der Waals surface area contributed by atoms with E-state index < -0.39 is 5.25 Å². The Balaban J connectivity index is 1.38. The summed E-state index contributed by atoms with van der Waals surface area (Å²) in [6.07, 6.45) is 0.732. The van der Waals surface area contributed by atoms with Gasteiger partial charge in [0, 0.05) is 17.3 Å². The topological polar surface area (TPSA) is 76.8 Å². The van der Waals surface area contributed by atoms with Gasteiger partial charge in [0.25, 0.3) is 0 Å². The number of imide groups is 1. The molecule has 0 saturated carbocycles. The smallest absolute Gasteiger partial charge is 0.247 e. The first-order chi connectivity index (χ1) is 16.4. The van der Waals surface area contributed by atoms with Gasteiger partial charge in [-0.2, -0.15) is 5.10 Å². The van der Waals surface area contributed by atoms with Crippen molar-refractivity contribution in [2.45, 2.75) is 31.1 Å². The Morgan fingerprint density at radius 1 is 1.12 bits per heavy atom. The zero-order valence-electron chi connectivity index (χ0n) is 18.3. The van der Waals surface area contributed by atoms with Crippen LogP contribution in [0.15, 0.2) is 75.6 Å². The number of thiophene rings is 1. The van der Waals surface area contributed by atoms with E-state index in [1.165, 1.54) is 4.90 Å². The lowest BCUT2D eigenvalue weighted by molar-refractivity contribution is -0.121. The van der Waals surface area contributed by atoms with E-state index in [4.69, 9.17) is 10.5 Å². The molecular formula is C25H21BrN4O2S2. The molecule has 0 aliphatic carbocycles. The van der Waals surface area contributed by atoms with E-state index in [1.54, 1.807) is 22.4 Å². The molecule has 2 amide bonds. The van der Waals surface area contributed by atoms with Gasteiger partial charge in [-0.3, -0.25) is 15.0 Å². The number of amidine groups is 1. The highest BCUT2D eigenvalue weighted by Gasteiger charge is 2.42. The summed E-state index contributed by atoms with van der Waals surface area (Å²) in [6.45, 7) is 1.93. The minimum absolute atomic E-state index is 0.0676. The van der Waals surface area contributed by atoms with Gasteiger partial charge < -0.3 is 0 Å². The monoisotopic (exact) mass is 552 g/mol. The fraction of sp³-hybridized carbons (Fsp3) is 0.200. The van der Waals surface area contributed by atoms with Crippen LogP contribution >= 0.6 is 39.0 Å². The zero-order valence-corrected chi connectivity index (χ0v) is 21.5. The number of nitrogens with zero attached hydrogens (tertiary/aromatic N) is 3. The second-order valence-electron chi connectivity index (χ2n) is 8.16. The van der Waals surface area contributed by atoms with Crippen molar-refractivity contribution in [1.29, 1.82) is 5.41 Å². The van der Waals surface area contributed by atoms with Gasteiger partial charge in [-0.25, -0.2) is 9.91 Å². The number of carbonyl (C=O) groups excluding carboxylic acids is 2. The Bertz CT molecular complexity index is 1290. The number of aryl methyl sites for hydroxylation is 1. The summed E-state index contributed by atoms with van der Waals surface area (Å²) in [6, 6.07) is 19.2. The van der Waals surface area contributed by atoms with E-state index in [9.17, 15) is 9.59 Å². The van der Waals surface area contributed by atoms with Gasteiger partial charge in [0.1, 0.15) is 5.25 Å². The number of carbonyl (C=O) groups is 2. The number of halogens is 1. The van der Waals surface area contributed by atoms with Crippen LogP contribution in [-0.2, 0) is 9.59 Å². The molecular weight excluding hydrogens is 532 g/mol. The first-order valence-electron chi connectivity index (χ1n) is 10.8. The standard InChI is InChI=1S/C25H21BrN4O2S2/c1-15-4-2-5-18(12-15)29-23(31)14-22(24(29)32)34-25(27)30-20(16-7-9-17(26)10-8-16)13-19(28-30)21-6-3-11-33-21/h2-12,20,22,27H,13-14H2,1H3/t20-,22+/m0/s1. The van der Waals surface area contributed by atoms with Gasteiger partial charge in [0.15, 0.2) is 5.17 Å². The summed E-state index contributed by atoms with van der Waals surface area (Å²) in [5, 5.41) is 16.8. The summed E-state index contributed by atoms with van der Waals surface area (Å²) in [5.41, 5.74) is 3.52. The average Bonchev–Trinajstić information content (AvgIpc) is 3.54. The molecule has 1 saturated heterocycles. The largest absolute Gasteiger partial charge is 0.277 e. The molecule has 0 unspecified atom stereocenters. The lowest BCUT2D eigenvalue weighted by Crippen LogP contribution is -2.32. The number of nitrogens with one attached hydrogen (secondary N) is 1. The Morgan fingerprint density at radius 3 is 2.62 bits per heavy atom. The maximum Gasteiger partial charge on any atom is 0.247 e. The molecule has 1 aromatic heterocycles. The number of amides is 2. The van der Waals surface area contributed by atoms with Crippen LogP contribution in [-0.4, -0.2) is 33.0 Å². The number of hydrazone groups is 1. The first kappa shape index (κ1) is 23.0. The predicted octanol–water partition coefficient (Wildman–Crippen LogP) is 5.97.